The Bertz CT molecular complexity index is 1420. The van der Waals surface area contributed by atoms with Gasteiger partial charge in [-0.05, 0) is 83.5 Å². The van der Waals surface area contributed by atoms with Gasteiger partial charge in [0.05, 0.1) is 16.8 Å². The molecule has 1 aromatic carbocycles. The molecule has 1 saturated carbocycles. The summed E-state index contributed by atoms with van der Waals surface area (Å²) >= 11 is 0. The van der Waals surface area contributed by atoms with Crippen LogP contribution in [0.25, 0.3) is 22.2 Å². The summed E-state index contributed by atoms with van der Waals surface area (Å²) in [4.78, 5) is 39.6. The van der Waals surface area contributed by atoms with Crippen LogP contribution in [-0.2, 0) is 4.74 Å². The number of amides is 2. The van der Waals surface area contributed by atoms with Crippen molar-refractivity contribution < 1.29 is 19.1 Å². The van der Waals surface area contributed by atoms with E-state index in [0.29, 0.717) is 48.7 Å². The third-order valence-electron chi connectivity index (χ3n) is 8.70. The average molecular weight is 617 g/mol. The summed E-state index contributed by atoms with van der Waals surface area (Å²) < 4.78 is 11.3. The number of rotatable bonds is 10. The maximum absolute atomic E-state index is 13.5. The fourth-order valence-corrected chi connectivity index (χ4v) is 5.99. The molecular weight excluding hydrogens is 568 g/mol. The van der Waals surface area contributed by atoms with Crippen LogP contribution >= 0.6 is 0 Å². The Morgan fingerprint density at radius 1 is 0.933 bits per heavy atom. The zero-order chi connectivity index (χ0) is 31.8. The van der Waals surface area contributed by atoms with Crippen molar-refractivity contribution >= 4 is 22.9 Å². The number of benzene rings is 1. The smallest absolute Gasteiger partial charge is 0.407 e. The number of piperazine rings is 1. The van der Waals surface area contributed by atoms with Crippen molar-refractivity contribution in [2.24, 2.45) is 11.8 Å². The van der Waals surface area contributed by atoms with E-state index in [1.807, 2.05) is 63.2 Å². The van der Waals surface area contributed by atoms with Gasteiger partial charge in [0.1, 0.15) is 12.2 Å². The normalized spacial score (nSPS) is 19.6. The van der Waals surface area contributed by atoms with Crippen molar-refractivity contribution in [2.75, 3.05) is 59.5 Å². The molecule has 0 radical (unpaired) electrons. The van der Waals surface area contributed by atoms with Crippen LogP contribution in [0.15, 0.2) is 48.7 Å². The molecule has 1 aliphatic heterocycles. The standard InChI is InChI=1S/C35H48N6O4/c1-35(2,3)45-34(43)38-23-26-11-9-25(10-12-26)22-37-33(42)29-21-31(39-30-8-6-5-7-28(29)30)27-13-14-32(36-24-27)44-20-19-41-17-15-40(4)16-18-41/h5-8,13-14,21,24-26H,9-12,15-20,22-23H2,1-4H3,(H,37,42)(H,38,43). The Labute approximate surface area is 266 Å². The Kier molecular flexibility index (Phi) is 10.9. The Balaban J connectivity index is 1.14. The van der Waals surface area contributed by atoms with Crippen LogP contribution in [0, 0.1) is 11.8 Å². The molecule has 10 heteroatoms. The second-order valence-corrected chi connectivity index (χ2v) is 13.4. The van der Waals surface area contributed by atoms with Crippen LogP contribution in [-0.4, -0.2) is 96.8 Å². The van der Waals surface area contributed by atoms with E-state index in [4.69, 9.17) is 14.5 Å². The van der Waals surface area contributed by atoms with Crippen LogP contribution in [0.4, 0.5) is 4.79 Å². The first-order chi connectivity index (χ1) is 21.6. The minimum absolute atomic E-state index is 0.0969. The van der Waals surface area contributed by atoms with Gasteiger partial charge in [-0.15, -0.1) is 0 Å². The number of aromatic nitrogens is 2. The van der Waals surface area contributed by atoms with Gasteiger partial charge >= 0.3 is 6.09 Å². The molecule has 2 fully saturated rings. The van der Waals surface area contributed by atoms with Gasteiger partial charge in [-0.1, -0.05) is 18.2 Å². The second kappa shape index (κ2) is 15.0. The maximum Gasteiger partial charge on any atom is 0.407 e. The molecule has 0 spiro atoms. The predicted molar refractivity (Wildman–Crippen MR) is 176 cm³/mol. The quantitative estimate of drug-likeness (QED) is 0.328. The van der Waals surface area contributed by atoms with Crippen LogP contribution in [0.2, 0.25) is 0 Å². The van der Waals surface area contributed by atoms with Gasteiger partial charge in [0.2, 0.25) is 5.88 Å². The number of pyridine rings is 2. The zero-order valence-corrected chi connectivity index (χ0v) is 27.2. The molecule has 2 amide bonds. The van der Waals surface area contributed by atoms with Crippen LogP contribution in [0.1, 0.15) is 56.8 Å². The summed E-state index contributed by atoms with van der Waals surface area (Å²) in [5.41, 5.74) is 2.42. The van der Waals surface area contributed by atoms with Crippen molar-refractivity contribution in [3.05, 3.63) is 54.2 Å². The topological polar surface area (TPSA) is 109 Å². The van der Waals surface area contributed by atoms with Gasteiger partial charge in [-0.3, -0.25) is 9.69 Å². The molecule has 1 aliphatic carbocycles. The van der Waals surface area contributed by atoms with E-state index in [1.54, 1.807) is 6.20 Å². The SMILES string of the molecule is CN1CCN(CCOc2ccc(-c3cc(C(=O)NCC4CCC(CNC(=O)OC(C)(C)C)CC4)c4ccccc4n3)cn2)CC1. The molecular formula is C35H48N6O4. The minimum Gasteiger partial charge on any atom is -0.476 e. The summed E-state index contributed by atoms with van der Waals surface area (Å²) in [5, 5.41) is 6.93. The molecule has 3 heterocycles. The number of nitrogens with one attached hydrogen (secondary N) is 2. The van der Waals surface area contributed by atoms with Gasteiger partial charge in [0.15, 0.2) is 0 Å². The highest BCUT2D eigenvalue weighted by Gasteiger charge is 2.24. The van der Waals surface area contributed by atoms with E-state index < -0.39 is 5.60 Å². The lowest BCUT2D eigenvalue weighted by molar-refractivity contribution is 0.0512. The molecule has 2 aliphatic rings. The Hall–Kier alpha value is -3.76. The van der Waals surface area contributed by atoms with Crippen molar-refractivity contribution in [3.8, 4) is 17.1 Å². The third-order valence-corrected chi connectivity index (χ3v) is 8.70. The molecule has 0 bridgehead atoms. The molecule has 10 nitrogen and oxygen atoms in total. The third kappa shape index (κ3) is 9.61. The molecule has 0 unspecified atom stereocenters. The number of likely N-dealkylation sites (N-methyl/N-ethyl adjacent to an activating group) is 1. The molecule has 5 rings (SSSR count). The van der Waals surface area contributed by atoms with Gasteiger partial charge in [-0.25, -0.2) is 14.8 Å². The molecule has 242 valence electrons. The fourth-order valence-electron chi connectivity index (χ4n) is 5.99. The number of carbonyl (C=O) groups is 2. The van der Waals surface area contributed by atoms with Gasteiger partial charge in [-0.2, -0.15) is 0 Å². The minimum atomic E-state index is -0.498. The van der Waals surface area contributed by atoms with Crippen LogP contribution in [0.5, 0.6) is 5.88 Å². The number of hydrogen-bond donors (Lipinski definition) is 2. The van der Waals surface area contributed by atoms with Gasteiger partial charge in [0, 0.05) is 69.0 Å². The highest BCUT2D eigenvalue weighted by molar-refractivity contribution is 6.07. The first-order valence-electron chi connectivity index (χ1n) is 16.3. The average Bonchev–Trinajstić information content (AvgIpc) is 3.03. The van der Waals surface area contributed by atoms with E-state index in [-0.39, 0.29) is 12.0 Å². The summed E-state index contributed by atoms with van der Waals surface area (Å²) in [5.74, 6) is 1.33. The summed E-state index contributed by atoms with van der Waals surface area (Å²) in [6.45, 7) is 12.6. The molecule has 2 N–H and O–H groups in total. The maximum atomic E-state index is 13.5. The van der Waals surface area contributed by atoms with E-state index in [0.717, 1.165) is 74.9 Å². The molecule has 2 aromatic heterocycles. The summed E-state index contributed by atoms with van der Waals surface area (Å²) in [7, 11) is 2.16. The Morgan fingerprint density at radius 3 is 2.29 bits per heavy atom. The predicted octanol–water partition coefficient (Wildman–Crippen LogP) is 4.98. The molecule has 3 aromatic rings. The summed E-state index contributed by atoms with van der Waals surface area (Å²) in [6.07, 6.45) is 5.46. The second-order valence-electron chi connectivity index (χ2n) is 13.4. The lowest BCUT2D eigenvalue weighted by atomic mass is 9.82. The van der Waals surface area contributed by atoms with Crippen LogP contribution < -0.4 is 15.4 Å². The first-order valence-corrected chi connectivity index (χ1v) is 16.3. The van der Waals surface area contributed by atoms with E-state index in [9.17, 15) is 9.59 Å². The van der Waals surface area contributed by atoms with E-state index in [1.165, 1.54) is 0 Å². The monoisotopic (exact) mass is 616 g/mol. The van der Waals surface area contributed by atoms with Gasteiger partial charge < -0.3 is 25.0 Å². The van der Waals surface area contributed by atoms with E-state index in [2.05, 4.69) is 32.5 Å². The van der Waals surface area contributed by atoms with Crippen LogP contribution in [0.3, 0.4) is 0 Å². The highest BCUT2D eigenvalue weighted by Crippen LogP contribution is 2.29. The van der Waals surface area contributed by atoms with Crippen molar-refractivity contribution in [1.82, 2.24) is 30.4 Å². The molecule has 45 heavy (non-hydrogen) atoms. The number of alkyl carbamates (subject to hydrolysis) is 1. The fraction of sp³-hybridized carbons (Fsp3) is 0.543. The largest absolute Gasteiger partial charge is 0.476 e. The van der Waals surface area contributed by atoms with Crippen molar-refractivity contribution in [2.45, 2.75) is 52.1 Å². The highest BCUT2D eigenvalue weighted by atomic mass is 16.6. The zero-order valence-electron chi connectivity index (χ0n) is 27.2. The van der Waals surface area contributed by atoms with E-state index >= 15 is 0 Å². The number of hydrogen-bond acceptors (Lipinski definition) is 8. The number of nitrogens with zero attached hydrogens (tertiary/aromatic N) is 4. The number of fused-ring (bicyclic) bond motifs is 1. The van der Waals surface area contributed by atoms with Crippen molar-refractivity contribution in [1.29, 1.82) is 0 Å². The lowest BCUT2D eigenvalue weighted by Gasteiger charge is -2.32. The number of para-hydroxylation sites is 1. The molecule has 1 saturated heterocycles. The first kappa shape index (κ1) is 32.6. The Morgan fingerprint density at radius 2 is 1.62 bits per heavy atom. The molecule has 0 atom stereocenters. The van der Waals surface area contributed by atoms with Crippen molar-refractivity contribution in [3.63, 3.8) is 0 Å². The lowest BCUT2D eigenvalue weighted by Crippen LogP contribution is -2.45. The summed E-state index contributed by atoms with van der Waals surface area (Å²) in [6, 6.07) is 13.4. The number of ether oxygens (including phenoxy) is 2. The number of carbonyl (C=O) groups excluding carboxylic acids is 2. The van der Waals surface area contributed by atoms with Gasteiger partial charge in [0.25, 0.3) is 5.91 Å².